The van der Waals surface area contributed by atoms with Crippen molar-refractivity contribution in [3.8, 4) is 0 Å². The molecule has 0 heterocycles. The fourth-order valence-corrected chi connectivity index (χ4v) is 1.74. The zero-order valence-electron chi connectivity index (χ0n) is 9.58. The molecule has 0 saturated carbocycles. The van der Waals surface area contributed by atoms with Crippen molar-refractivity contribution in [1.29, 1.82) is 0 Å². The van der Waals surface area contributed by atoms with Gasteiger partial charge in [-0.2, -0.15) is 0 Å². The molecular formula is C11H14Cl2N2O2. The molecule has 0 bridgehead atoms. The average Bonchev–Trinajstić information content (AvgIpc) is 2.21. The molecule has 0 aliphatic rings. The number of hydrogen-bond donors (Lipinski definition) is 2. The summed E-state index contributed by atoms with van der Waals surface area (Å²) in [6.07, 6.45) is -0.577. The summed E-state index contributed by atoms with van der Waals surface area (Å²) in [5.74, 6) is 0. The topological polar surface area (TPSA) is 52.6 Å². The van der Waals surface area contributed by atoms with E-state index in [4.69, 9.17) is 28.3 Å². The second-order valence-corrected chi connectivity index (χ2v) is 4.63. The van der Waals surface area contributed by atoms with Crippen LogP contribution in [-0.2, 0) is 0 Å². The van der Waals surface area contributed by atoms with Gasteiger partial charge >= 0.3 is 6.03 Å². The van der Waals surface area contributed by atoms with E-state index in [-0.39, 0.29) is 12.6 Å². The molecule has 2 N–H and O–H groups in total. The van der Waals surface area contributed by atoms with Gasteiger partial charge < -0.3 is 15.3 Å². The Morgan fingerprint density at radius 1 is 1.53 bits per heavy atom. The number of anilines is 1. The van der Waals surface area contributed by atoms with Crippen LogP contribution in [-0.4, -0.2) is 35.7 Å². The zero-order chi connectivity index (χ0) is 13.0. The lowest BCUT2D eigenvalue weighted by atomic mass is 10.3. The monoisotopic (exact) mass is 276 g/mol. The van der Waals surface area contributed by atoms with E-state index in [2.05, 4.69) is 5.32 Å². The molecule has 1 rings (SSSR count). The summed E-state index contributed by atoms with van der Waals surface area (Å²) < 4.78 is 0. The van der Waals surface area contributed by atoms with Gasteiger partial charge in [-0.3, -0.25) is 0 Å². The second-order valence-electron chi connectivity index (χ2n) is 3.78. The first-order chi connectivity index (χ1) is 7.90. The van der Waals surface area contributed by atoms with Crippen LogP contribution in [0, 0.1) is 0 Å². The molecule has 0 unspecified atom stereocenters. The molecule has 2 amide bonds. The van der Waals surface area contributed by atoms with Gasteiger partial charge in [0.05, 0.1) is 16.8 Å². The second kappa shape index (κ2) is 6.10. The standard InChI is InChI=1S/C11H14Cl2N2O2/c1-7(16)6-15(2)11(17)14-10-4-3-8(12)5-9(10)13/h3-5,7,16H,6H2,1-2H3,(H,14,17)/t7-/m0/s1. The third kappa shape index (κ3) is 4.42. The van der Waals surface area contributed by atoms with Gasteiger partial charge in [-0.15, -0.1) is 0 Å². The molecule has 6 heteroatoms. The molecule has 4 nitrogen and oxygen atoms in total. The minimum Gasteiger partial charge on any atom is -0.392 e. The van der Waals surface area contributed by atoms with Crippen LogP contribution in [0.2, 0.25) is 10.0 Å². The van der Waals surface area contributed by atoms with E-state index < -0.39 is 6.10 Å². The van der Waals surface area contributed by atoms with Gasteiger partial charge in [0, 0.05) is 18.6 Å². The fourth-order valence-electron chi connectivity index (χ4n) is 1.28. The van der Waals surface area contributed by atoms with Crippen LogP contribution in [0.25, 0.3) is 0 Å². The van der Waals surface area contributed by atoms with Crippen molar-refractivity contribution < 1.29 is 9.90 Å². The first-order valence-corrected chi connectivity index (χ1v) is 5.81. The maximum Gasteiger partial charge on any atom is 0.321 e. The Morgan fingerprint density at radius 2 is 2.18 bits per heavy atom. The number of urea groups is 1. The van der Waals surface area contributed by atoms with Gasteiger partial charge in [-0.05, 0) is 25.1 Å². The summed E-state index contributed by atoms with van der Waals surface area (Å²) in [6, 6.07) is 4.47. The van der Waals surface area contributed by atoms with Crippen molar-refractivity contribution in [2.45, 2.75) is 13.0 Å². The lowest BCUT2D eigenvalue weighted by Crippen LogP contribution is -2.36. The van der Waals surface area contributed by atoms with Crippen molar-refractivity contribution in [2.75, 3.05) is 18.9 Å². The number of nitrogens with zero attached hydrogens (tertiary/aromatic N) is 1. The highest BCUT2D eigenvalue weighted by Crippen LogP contribution is 2.25. The largest absolute Gasteiger partial charge is 0.392 e. The SMILES string of the molecule is C[C@H](O)CN(C)C(=O)Nc1ccc(Cl)cc1Cl. The Hall–Kier alpha value is -0.970. The molecule has 1 atom stereocenters. The predicted octanol–water partition coefficient (Wildman–Crippen LogP) is 2.84. The molecule has 17 heavy (non-hydrogen) atoms. The molecular weight excluding hydrogens is 263 g/mol. The number of carbonyl (C=O) groups excluding carboxylic acids is 1. The lowest BCUT2D eigenvalue weighted by Gasteiger charge is -2.19. The maximum atomic E-state index is 11.7. The van der Waals surface area contributed by atoms with Crippen molar-refractivity contribution >= 4 is 34.9 Å². The first kappa shape index (κ1) is 14.1. The maximum absolute atomic E-state index is 11.7. The van der Waals surface area contributed by atoms with Gasteiger partial charge in [0.2, 0.25) is 0 Å². The van der Waals surface area contributed by atoms with Gasteiger partial charge in [-0.1, -0.05) is 23.2 Å². The van der Waals surface area contributed by atoms with E-state index in [1.807, 2.05) is 0 Å². The van der Waals surface area contributed by atoms with Crippen molar-refractivity contribution in [2.24, 2.45) is 0 Å². The average molecular weight is 277 g/mol. The lowest BCUT2D eigenvalue weighted by molar-refractivity contribution is 0.149. The Bertz CT molecular complexity index is 410. The molecule has 1 aromatic carbocycles. The Morgan fingerprint density at radius 3 is 2.71 bits per heavy atom. The van der Waals surface area contributed by atoms with Gasteiger partial charge in [0.15, 0.2) is 0 Å². The van der Waals surface area contributed by atoms with Crippen LogP contribution in [0.3, 0.4) is 0 Å². The summed E-state index contributed by atoms with van der Waals surface area (Å²) in [6.45, 7) is 1.86. The summed E-state index contributed by atoms with van der Waals surface area (Å²) in [7, 11) is 1.59. The highest BCUT2D eigenvalue weighted by molar-refractivity contribution is 6.36. The normalized spacial score (nSPS) is 12.1. The highest BCUT2D eigenvalue weighted by atomic mass is 35.5. The number of amides is 2. The summed E-state index contributed by atoms with van der Waals surface area (Å²) >= 11 is 11.7. The number of likely N-dealkylation sites (N-methyl/N-ethyl adjacent to an activating group) is 1. The zero-order valence-corrected chi connectivity index (χ0v) is 11.1. The molecule has 0 spiro atoms. The third-order valence-electron chi connectivity index (χ3n) is 2.06. The van der Waals surface area contributed by atoms with Crippen molar-refractivity contribution in [1.82, 2.24) is 4.90 Å². The molecule has 0 fully saturated rings. The van der Waals surface area contributed by atoms with Crippen LogP contribution < -0.4 is 5.32 Å². The number of aliphatic hydroxyl groups is 1. The molecule has 0 radical (unpaired) electrons. The Kier molecular flexibility index (Phi) is 5.05. The van der Waals surface area contributed by atoms with Crippen LogP contribution in [0.15, 0.2) is 18.2 Å². The van der Waals surface area contributed by atoms with E-state index in [1.165, 1.54) is 4.90 Å². The number of nitrogens with one attached hydrogen (secondary N) is 1. The predicted molar refractivity (Wildman–Crippen MR) is 69.8 cm³/mol. The smallest absolute Gasteiger partial charge is 0.321 e. The Labute approximate surface area is 110 Å². The van der Waals surface area contributed by atoms with E-state index in [9.17, 15) is 4.79 Å². The first-order valence-electron chi connectivity index (χ1n) is 5.05. The molecule has 0 aliphatic heterocycles. The highest BCUT2D eigenvalue weighted by Gasteiger charge is 2.12. The quantitative estimate of drug-likeness (QED) is 0.892. The number of benzene rings is 1. The van der Waals surface area contributed by atoms with E-state index in [0.29, 0.717) is 15.7 Å². The van der Waals surface area contributed by atoms with Crippen LogP contribution in [0.4, 0.5) is 10.5 Å². The summed E-state index contributed by atoms with van der Waals surface area (Å²) in [4.78, 5) is 13.1. The van der Waals surface area contributed by atoms with Gasteiger partial charge in [-0.25, -0.2) is 4.79 Å². The number of rotatable bonds is 3. The number of halogens is 2. The Balaban J connectivity index is 2.67. The number of aliphatic hydroxyl groups excluding tert-OH is 1. The van der Waals surface area contributed by atoms with E-state index in [0.717, 1.165) is 0 Å². The third-order valence-corrected chi connectivity index (χ3v) is 2.61. The molecule has 1 aromatic rings. The molecule has 0 aliphatic carbocycles. The van der Waals surface area contributed by atoms with Crippen LogP contribution >= 0.6 is 23.2 Å². The van der Waals surface area contributed by atoms with Gasteiger partial charge in [0.25, 0.3) is 0 Å². The molecule has 0 aromatic heterocycles. The van der Waals surface area contributed by atoms with Crippen molar-refractivity contribution in [3.63, 3.8) is 0 Å². The number of hydrogen-bond acceptors (Lipinski definition) is 2. The molecule has 0 saturated heterocycles. The van der Waals surface area contributed by atoms with Crippen molar-refractivity contribution in [3.05, 3.63) is 28.2 Å². The van der Waals surface area contributed by atoms with E-state index >= 15 is 0 Å². The minimum atomic E-state index is -0.577. The number of carbonyl (C=O) groups is 1. The van der Waals surface area contributed by atoms with Gasteiger partial charge in [0.1, 0.15) is 0 Å². The molecule has 94 valence electrons. The minimum absolute atomic E-state index is 0.247. The van der Waals surface area contributed by atoms with E-state index in [1.54, 1.807) is 32.2 Å². The van der Waals surface area contributed by atoms with Crippen LogP contribution in [0.1, 0.15) is 6.92 Å². The summed E-state index contributed by atoms with van der Waals surface area (Å²) in [5.41, 5.74) is 0.485. The fraction of sp³-hybridized carbons (Fsp3) is 0.364. The summed E-state index contributed by atoms with van der Waals surface area (Å²) in [5, 5.41) is 12.7. The van der Waals surface area contributed by atoms with Crippen LogP contribution in [0.5, 0.6) is 0 Å².